The van der Waals surface area contributed by atoms with Gasteiger partial charge in [-0.15, -0.1) is 0 Å². The van der Waals surface area contributed by atoms with Gasteiger partial charge in [0.1, 0.15) is 18.4 Å². The Kier molecular flexibility index (Phi) is 7.07. The number of nitrogens with two attached hydrogens (primary N) is 1. The van der Waals surface area contributed by atoms with Crippen molar-refractivity contribution in [3.05, 3.63) is 29.8 Å². The first-order chi connectivity index (χ1) is 11.1. The average molecular weight is 335 g/mol. The van der Waals surface area contributed by atoms with Gasteiger partial charge in [-0.2, -0.15) is 0 Å². The summed E-state index contributed by atoms with van der Waals surface area (Å²) in [7, 11) is 0. The van der Waals surface area contributed by atoms with Crippen molar-refractivity contribution in [2.45, 2.75) is 46.1 Å². The molecule has 0 aliphatic carbocycles. The van der Waals surface area contributed by atoms with Crippen LogP contribution in [0.25, 0.3) is 0 Å². The summed E-state index contributed by atoms with van der Waals surface area (Å²) in [6.07, 6.45) is 0. The van der Waals surface area contributed by atoms with Crippen LogP contribution < -0.4 is 21.1 Å². The Morgan fingerprint density at radius 1 is 1.17 bits per heavy atom. The van der Waals surface area contributed by atoms with Crippen molar-refractivity contribution < 1.29 is 14.3 Å². The van der Waals surface area contributed by atoms with Crippen LogP contribution in [0, 0.1) is 5.92 Å². The number of urea groups is 1. The molecule has 0 spiro atoms. The lowest BCUT2D eigenvalue weighted by atomic mass is 9.87. The molecule has 0 aliphatic rings. The molecule has 24 heavy (non-hydrogen) atoms. The Labute approximate surface area is 144 Å². The van der Waals surface area contributed by atoms with Crippen molar-refractivity contribution in [2.24, 2.45) is 11.7 Å². The van der Waals surface area contributed by atoms with Crippen molar-refractivity contribution in [3.63, 3.8) is 0 Å². The fourth-order valence-corrected chi connectivity index (χ4v) is 2.19. The molecule has 1 aromatic rings. The molecule has 0 aromatic heterocycles. The molecule has 134 valence electrons. The molecular weight excluding hydrogens is 306 g/mol. The molecule has 0 heterocycles. The van der Waals surface area contributed by atoms with Crippen LogP contribution in [0.5, 0.6) is 5.75 Å². The zero-order valence-electron chi connectivity index (χ0n) is 15.2. The summed E-state index contributed by atoms with van der Waals surface area (Å²) in [5.41, 5.74) is 6.43. The number of carbonyl (C=O) groups excluding carboxylic acids is 2. The smallest absolute Gasteiger partial charge is 0.312 e. The number of rotatable bonds is 7. The largest absolute Gasteiger partial charge is 0.492 e. The number of hydrogen-bond acceptors (Lipinski definition) is 3. The number of benzene rings is 1. The van der Waals surface area contributed by atoms with Crippen molar-refractivity contribution in [3.8, 4) is 5.75 Å². The lowest BCUT2D eigenvalue weighted by Crippen LogP contribution is -2.51. The van der Waals surface area contributed by atoms with Crippen molar-refractivity contribution >= 4 is 11.9 Å². The summed E-state index contributed by atoms with van der Waals surface area (Å²) in [6.45, 7) is 10.9. The van der Waals surface area contributed by atoms with Crippen LogP contribution in [0.2, 0.25) is 0 Å². The molecule has 0 saturated carbocycles. The van der Waals surface area contributed by atoms with E-state index in [1.165, 1.54) is 5.56 Å². The van der Waals surface area contributed by atoms with Gasteiger partial charge >= 0.3 is 6.03 Å². The lowest BCUT2D eigenvalue weighted by molar-refractivity contribution is -0.123. The molecule has 1 atom stereocenters. The molecule has 6 nitrogen and oxygen atoms in total. The van der Waals surface area contributed by atoms with E-state index in [1.807, 2.05) is 38.1 Å². The molecule has 0 fully saturated rings. The van der Waals surface area contributed by atoms with Gasteiger partial charge in [0.05, 0.1) is 6.54 Å². The third-order valence-electron chi connectivity index (χ3n) is 3.64. The summed E-state index contributed by atoms with van der Waals surface area (Å²) < 4.78 is 5.62. The molecule has 0 aliphatic heterocycles. The second kappa shape index (κ2) is 8.57. The Hall–Kier alpha value is -2.24. The predicted octanol–water partition coefficient (Wildman–Crippen LogP) is 2.17. The summed E-state index contributed by atoms with van der Waals surface area (Å²) in [4.78, 5) is 23.0. The summed E-state index contributed by atoms with van der Waals surface area (Å²) in [5.74, 6) is 0.437. The SMILES string of the molecule is CC(C)C(NC(N)=O)C(=O)NCCOc1ccc(C(C)(C)C)cc1. The molecule has 0 saturated heterocycles. The zero-order chi connectivity index (χ0) is 18.3. The van der Waals surface area contributed by atoms with Crippen LogP contribution in [0.1, 0.15) is 40.2 Å². The molecule has 3 amide bonds. The highest BCUT2D eigenvalue weighted by atomic mass is 16.5. The van der Waals surface area contributed by atoms with E-state index in [2.05, 4.69) is 31.4 Å². The van der Waals surface area contributed by atoms with Gasteiger partial charge in [-0.1, -0.05) is 46.8 Å². The highest BCUT2D eigenvalue weighted by Crippen LogP contribution is 2.24. The Balaban J connectivity index is 2.42. The maximum absolute atomic E-state index is 12.0. The van der Waals surface area contributed by atoms with Crippen LogP contribution in [-0.2, 0) is 10.2 Å². The van der Waals surface area contributed by atoms with Gasteiger partial charge < -0.3 is 21.1 Å². The first kappa shape index (κ1) is 19.8. The molecular formula is C18H29N3O3. The van der Waals surface area contributed by atoms with Gasteiger partial charge in [0.25, 0.3) is 0 Å². The van der Waals surface area contributed by atoms with Gasteiger partial charge in [0.2, 0.25) is 5.91 Å². The second-order valence-corrected chi connectivity index (χ2v) is 7.14. The standard InChI is InChI=1S/C18H29N3O3/c1-12(2)15(21-17(19)23)16(22)20-10-11-24-14-8-6-13(7-9-14)18(3,4)5/h6-9,12,15H,10-11H2,1-5H3,(H,20,22)(H3,19,21,23). The summed E-state index contributed by atoms with van der Waals surface area (Å²) >= 11 is 0. The van der Waals surface area contributed by atoms with Gasteiger partial charge in [-0.25, -0.2) is 4.79 Å². The van der Waals surface area contributed by atoms with E-state index in [-0.39, 0.29) is 17.2 Å². The van der Waals surface area contributed by atoms with E-state index in [9.17, 15) is 9.59 Å². The Morgan fingerprint density at radius 3 is 2.21 bits per heavy atom. The van der Waals surface area contributed by atoms with E-state index in [4.69, 9.17) is 10.5 Å². The minimum atomic E-state index is -0.709. The molecule has 4 N–H and O–H groups in total. The maximum Gasteiger partial charge on any atom is 0.312 e. The third kappa shape index (κ3) is 6.48. The molecule has 0 bridgehead atoms. The van der Waals surface area contributed by atoms with E-state index >= 15 is 0 Å². The number of nitrogens with one attached hydrogen (secondary N) is 2. The van der Waals surface area contributed by atoms with Gasteiger partial charge in [-0.3, -0.25) is 4.79 Å². The first-order valence-corrected chi connectivity index (χ1v) is 8.18. The fraction of sp³-hybridized carbons (Fsp3) is 0.556. The third-order valence-corrected chi connectivity index (χ3v) is 3.64. The van der Waals surface area contributed by atoms with Crippen LogP contribution in [0.15, 0.2) is 24.3 Å². The predicted molar refractivity (Wildman–Crippen MR) is 95.0 cm³/mol. The minimum Gasteiger partial charge on any atom is -0.492 e. The highest BCUT2D eigenvalue weighted by molar-refractivity contribution is 5.86. The number of carbonyl (C=O) groups is 2. The molecule has 1 aromatic carbocycles. The first-order valence-electron chi connectivity index (χ1n) is 8.18. The lowest BCUT2D eigenvalue weighted by Gasteiger charge is -2.21. The van der Waals surface area contributed by atoms with E-state index < -0.39 is 12.1 Å². The van der Waals surface area contributed by atoms with E-state index in [1.54, 1.807) is 0 Å². The molecule has 6 heteroatoms. The van der Waals surface area contributed by atoms with Crippen LogP contribution in [0.4, 0.5) is 4.79 Å². The Morgan fingerprint density at radius 2 is 1.75 bits per heavy atom. The van der Waals surface area contributed by atoms with Crippen LogP contribution in [0.3, 0.4) is 0 Å². The topological polar surface area (TPSA) is 93.5 Å². The quantitative estimate of drug-likeness (QED) is 0.667. The van der Waals surface area contributed by atoms with Gasteiger partial charge in [0, 0.05) is 0 Å². The number of primary amides is 1. The second-order valence-electron chi connectivity index (χ2n) is 7.14. The normalized spacial score (nSPS) is 12.6. The van der Waals surface area contributed by atoms with Crippen molar-refractivity contribution in [1.82, 2.24) is 10.6 Å². The highest BCUT2D eigenvalue weighted by Gasteiger charge is 2.22. The molecule has 1 unspecified atom stereocenters. The maximum atomic E-state index is 12.0. The molecule has 0 radical (unpaired) electrons. The fourth-order valence-electron chi connectivity index (χ4n) is 2.19. The van der Waals surface area contributed by atoms with Gasteiger partial charge in [-0.05, 0) is 29.0 Å². The number of ether oxygens (including phenoxy) is 1. The average Bonchev–Trinajstić information content (AvgIpc) is 2.48. The summed E-state index contributed by atoms with van der Waals surface area (Å²) in [6, 6.07) is 6.58. The monoisotopic (exact) mass is 335 g/mol. The number of hydrogen-bond donors (Lipinski definition) is 3. The Bertz CT molecular complexity index is 548. The zero-order valence-corrected chi connectivity index (χ0v) is 15.2. The van der Waals surface area contributed by atoms with Crippen LogP contribution >= 0.6 is 0 Å². The van der Waals surface area contributed by atoms with Gasteiger partial charge in [0.15, 0.2) is 0 Å². The van der Waals surface area contributed by atoms with E-state index in [0.717, 1.165) is 5.75 Å². The number of amides is 3. The van der Waals surface area contributed by atoms with E-state index in [0.29, 0.717) is 13.2 Å². The van der Waals surface area contributed by atoms with Crippen molar-refractivity contribution in [2.75, 3.05) is 13.2 Å². The van der Waals surface area contributed by atoms with Crippen LogP contribution in [-0.4, -0.2) is 31.1 Å². The molecule has 1 rings (SSSR count). The van der Waals surface area contributed by atoms with Crippen molar-refractivity contribution in [1.29, 1.82) is 0 Å². The summed E-state index contributed by atoms with van der Waals surface area (Å²) in [5, 5.41) is 5.19. The minimum absolute atomic E-state index is 0.0524.